The number of ether oxygens (including phenoxy) is 1. The quantitative estimate of drug-likeness (QED) is 0.505. The summed E-state index contributed by atoms with van der Waals surface area (Å²) < 4.78 is 5.21. The fraction of sp³-hybridized carbons (Fsp3) is 0.857. The Balaban J connectivity index is 1.92. The number of rotatable bonds is 2. The van der Waals surface area contributed by atoms with Crippen LogP contribution in [-0.2, 0) is 9.53 Å². The highest BCUT2D eigenvalue weighted by Crippen LogP contribution is 2.63. The van der Waals surface area contributed by atoms with Crippen molar-refractivity contribution in [1.82, 2.24) is 0 Å². The van der Waals surface area contributed by atoms with E-state index in [4.69, 9.17) is 4.74 Å². The van der Waals surface area contributed by atoms with E-state index in [-0.39, 0.29) is 16.8 Å². The average molecular weight is 319 g/mol. The van der Waals surface area contributed by atoms with Gasteiger partial charge in [0.2, 0.25) is 0 Å². The molecule has 0 N–H and O–H groups in total. The third-order valence-electron chi connectivity index (χ3n) is 7.75. The molecule has 0 aromatic heterocycles. The van der Waals surface area contributed by atoms with Gasteiger partial charge in [-0.25, -0.2) is 0 Å². The van der Waals surface area contributed by atoms with Gasteiger partial charge in [-0.15, -0.1) is 0 Å². The standard InChI is InChI=1S/C21H34O2/c1-14(2)15-7-9-17-16(13-15)8-10-18-20(17,3)11-6-12-21(18,4)19(22)23-5/h8,14-15,17-18H,6-7,9-13H2,1-5H3/t15?,17?,18-,20+,21-/m1/s1. The molecule has 5 atom stereocenters. The second kappa shape index (κ2) is 5.93. The first-order valence-corrected chi connectivity index (χ1v) is 9.60. The molecule has 2 unspecified atom stereocenters. The number of esters is 1. The van der Waals surface area contributed by atoms with Crippen molar-refractivity contribution in [3.8, 4) is 0 Å². The van der Waals surface area contributed by atoms with Crippen molar-refractivity contribution in [1.29, 1.82) is 0 Å². The third kappa shape index (κ3) is 2.57. The van der Waals surface area contributed by atoms with Crippen LogP contribution in [0.3, 0.4) is 0 Å². The highest BCUT2D eigenvalue weighted by Gasteiger charge is 2.57. The lowest BCUT2D eigenvalue weighted by Gasteiger charge is -2.58. The first-order chi connectivity index (χ1) is 10.8. The van der Waals surface area contributed by atoms with Gasteiger partial charge >= 0.3 is 5.97 Å². The number of carbonyl (C=O) groups excluding carboxylic acids is 1. The van der Waals surface area contributed by atoms with Crippen LogP contribution in [0.25, 0.3) is 0 Å². The average Bonchev–Trinajstić information content (AvgIpc) is 2.53. The van der Waals surface area contributed by atoms with Gasteiger partial charge in [0.15, 0.2) is 0 Å². The number of hydrogen-bond donors (Lipinski definition) is 0. The summed E-state index contributed by atoms with van der Waals surface area (Å²) in [5, 5.41) is 0. The van der Waals surface area contributed by atoms with Crippen molar-refractivity contribution >= 4 is 5.97 Å². The molecular formula is C21H34O2. The minimum atomic E-state index is -0.293. The van der Waals surface area contributed by atoms with Crippen molar-refractivity contribution in [2.45, 2.75) is 72.6 Å². The summed E-state index contributed by atoms with van der Waals surface area (Å²) >= 11 is 0. The van der Waals surface area contributed by atoms with Crippen molar-refractivity contribution < 1.29 is 9.53 Å². The van der Waals surface area contributed by atoms with Crippen LogP contribution in [0.1, 0.15) is 72.6 Å². The van der Waals surface area contributed by atoms with Gasteiger partial charge < -0.3 is 4.74 Å². The highest BCUT2D eigenvalue weighted by molar-refractivity contribution is 5.77. The van der Waals surface area contributed by atoms with Crippen LogP contribution in [0.5, 0.6) is 0 Å². The Bertz CT molecular complexity index is 506. The SMILES string of the molecule is COC(=O)[C@]1(C)CCC[C@@]2(C)C3CCC(C(C)C)CC3=CC[C@@H]12. The number of carbonyl (C=O) groups is 1. The lowest BCUT2D eigenvalue weighted by Crippen LogP contribution is -2.53. The zero-order valence-corrected chi connectivity index (χ0v) is 15.7. The van der Waals surface area contributed by atoms with E-state index in [2.05, 4.69) is 33.8 Å². The maximum absolute atomic E-state index is 12.5. The van der Waals surface area contributed by atoms with Crippen LogP contribution in [0.2, 0.25) is 0 Å². The van der Waals surface area contributed by atoms with Gasteiger partial charge in [-0.3, -0.25) is 4.79 Å². The molecule has 23 heavy (non-hydrogen) atoms. The number of fused-ring (bicyclic) bond motifs is 3. The van der Waals surface area contributed by atoms with Crippen molar-refractivity contribution in [3.63, 3.8) is 0 Å². The van der Waals surface area contributed by atoms with Gasteiger partial charge in [0.1, 0.15) is 0 Å². The molecule has 0 aromatic rings. The highest BCUT2D eigenvalue weighted by atomic mass is 16.5. The molecule has 130 valence electrons. The van der Waals surface area contributed by atoms with Crippen LogP contribution in [0, 0.1) is 34.5 Å². The molecule has 2 heteroatoms. The van der Waals surface area contributed by atoms with E-state index in [0.717, 1.165) is 31.1 Å². The van der Waals surface area contributed by atoms with Crippen molar-refractivity contribution in [3.05, 3.63) is 11.6 Å². The van der Waals surface area contributed by atoms with Crippen LogP contribution in [-0.4, -0.2) is 13.1 Å². The van der Waals surface area contributed by atoms with Gasteiger partial charge in [-0.05, 0) is 74.5 Å². The molecular weight excluding hydrogens is 284 g/mol. The topological polar surface area (TPSA) is 26.3 Å². The van der Waals surface area contributed by atoms with Gasteiger partial charge in [0, 0.05) is 0 Å². The fourth-order valence-electron chi connectivity index (χ4n) is 6.27. The largest absolute Gasteiger partial charge is 0.469 e. The van der Waals surface area contributed by atoms with Crippen LogP contribution in [0.4, 0.5) is 0 Å². The molecule has 0 amide bonds. The summed E-state index contributed by atoms with van der Waals surface area (Å²) in [5.41, 5.74) is 1.70. The zero-order chi connectivity index (χ0) is 16.8. The van der Waals surface area contributed by atoms with Crippen LogP contribution < -0.4 is 0 Å². The molecule has 0 spiro atoms. The van der Waals surface area contributed by atoms with Gasteiger partial charge in [0.25, 0.3) is 0 Å². The molecule has 3 aliphatic rings. The smallest absolute Gasteiger partial charge is 0.311 e. The monoisotopic (exact) mass is 318 g/mol. The first-order valence-electron chi connectivity index (χ1n) is 9.60. The summed E-state index contributed by atoms with van der Waals surface area (Å²) in [6.07, 6.45) is 11.0. The zero-order valence-electron chi connectivity index (χ0n) is 15.7. The normalized spacial score (nSPS) is 43.4. The Morgan fingerprint density at radius 1 is 1.26 bits per heavy atom. The Labute approximate surface area is 142 Å². The number of methoxy groups -OCH3 is 1. The number of hydrogen-bond acceptors (Lipinski definition) is 2. The summed E-state index contributed by atoms with van der Waals surface area (Å²) in [6.45, 7) is 9.38. The lowest BCUT2D eigenvalue weighted by molar-refractivity contribution is -0.166. The molecule has 0 radical (unpaired) electrons. The molecule has 2 saturated carbocycles. The summed E-state index contributed by atoms with van der Waals surface area (Å²) in [7, 11) is 1.55. The van der Waals surface area contributed by atoms with Crippen LogP contribution >= 0.6 is 0 Å². The van der Waals surface area contributed by atoms with Gasteiger partial charge in [-0.2, -0.15) is 0 Å². The second-order valence-electron chi connectivity index (χ2n) is 9.17. The molecule has 2 fully saturated rings. The minimum absolute atomic E-state index is 0.0149. The minimum Gasteiger partial charge on any atom is -0.469 e. The van der Waals surface area contributed by atoms with E-state index in [9.17, 15) is 4.79 Å². The first kappa shape index (κ1) is 17.0. The maximum Gasteiger partial charge on any atom is 0.311 e. The summed E-state index contributed by atoms with van der Waals surface area (Å²) in [4.78, 5) is 12.5. The molecule has 0 aliphatic heterocycles. The second-order valence-corrected chi connectivity index (χ2v) is 9.17. The Hall–Kier alpha value is -0.790. The summed E-state index contributed by atoms with van der Waals surface area (Å²) in [5.74, 6) is 2.80. The molecule has 0 bridgehead atoms. The molecule has 3 rings (SSSR count). The van der Waals surface area contributed by atoms with Crippen LogP contribution in [0.15, 0.2) is 11.6 Å². The van der Waals surface area contributed by atoms with E-state index < -0.39 is 0 Å². The maximum atomic E-state index is 12.5. The fourth-order valence-corrected chi connectivity index (χ4v) is 6.27. The van der Waals surface area contributed by atoms with Gasteiger partial charge in [0.05, 0.1) is 12.5 Å². The molecule has 0 heterocycles. The summed E-state index contributed by atoms with van der Waals surface area (Å²) in [6, 6.07) is 0. The Kier molecular flexibility index (Phi) is 4.40. The van der Waals surface area contributed by atoms with Crippen molar-refractivity contribution in [2.75, 3.05) is 7.11 Å². The Morgan fingerprint density at radius 2 is 2.00 bits per heavy atom. The van der Waals surface area contributed by atoms with E-state index in [1.165, 1.54) is 25.7 Å². The third-order valence-corrected chi connectivity index (χ3v) is 7.75. The van der Waals surface area contributed by atoms with E-state index >= 15 is 0 Å². The molecule has 3 aliphatic carbocycles. The van der Waals surface area contributed by atoms with Crippen molar-refractivity contribution in [2.24, 2.45) is 34.5 Å². The van der Waals surface area contributed by atoms with E-state index in [1.54, 1.807) is 12.7 Å². The predicted molar refractivity (Wildman–Crippen MR) is 93.9 cm³/mol. The van der Waals surface area contributed by atoms with Gasteiger partial charge in [-0.1, -0.05) is 38.8 Å². The van der Waals surface area contributed by atoms with E-state index in [1.807, 2.05) is 0 Å². The van der Waals surface area contributed by atoms with E-state index in [0.29, 0.717) is 11.8 Å². The lowest BCUT2D eigenvalue weighted by atomic mass is 9.46. The predicted octanol–water partition coefficient (Wildman–Crippen LogP) is 5.37. The Morgan fingerprint density at radius 3 is 2.65 bits per heavy atom. The molecule has 0 saturated heterocycles. The molecule has 0 aromatic carbocycles. The molecule has 2 nitrogen and oxygen atoms in total. The number of allylic oxidation sites excluding steroid dienone is 2.